The summed E-state index contributed by atoms with van der Waals surface area (Å²) in [6.45, 7) is 4.04. The molecule has 1 amide bonds. The van der Waals surface area contributed by atoms with E-state index >= 15 is 0 Å². The van der Waals surface area contributed by atoms with Crippen LogP contribution in [0, 0.1) is 5.92 Å². The summed E-state index contributed by atoms with van der Waals surface area (Å²) in [5.74, 6) is 0.690. The van der Waals surface area contributed by atoms with Crippen LogP contribution in [0.5, 0.6) is 0 Å². The van der Waals surface area contributed by atoms with Gasteiger partial charge in [-0.3, -0.25) is 9.48 Å². The molecule has 0 saturated heterocycles. The molecule has 8 nitrogen and oxygen atoms in total. The number of aromatic nitrogens is 5. The monoisotopic (exact) mass is 352 g/mol. The van der Waals surface area contributed by atoms with Gasteiger partial charge < -0.3 is 10.3 Å². The molecule has 8 heteroatoms. The number of amides is 1. The molecule has 0 radical (unpaired) electrons. The molecule has 26 heavy (non-hydrogen) atoms. The number of benzene rings is 1. The Hall–Kier alpha value is -3.29. The number of H-pyrrole nitrogens is 1. The van der Waals surface area contributed by atoms with E-state index in [1.165, 1.54) is 12.5 Å². The number of carbonyl (C=O) groups is 1. The number of rotatable bonds is 5. The fourth-order valence-electron chi connectivity index (χ4n) is 2.65. The highest BCUT2D eigenvalue weighted by Crippen LogP contribution is 2.21. The molecular weight excluding hydrogens is 332 g/mol. The minimum absolute atomic E-state index is 0.161. The molecule has 3 aromatic rings. The van der Waals surface area contributed by atoms with Crippen LogP contribution in [0.2, 0.25) is 0 Å². The average molecular weight is 352 g/mol. The van der Waals surface area contributed by atoms with Crippen LogP contribution in [0.4, 0.5) is 0 Å². The maximum absolute atomic E-state index is 12.6. The summed E-state index contributed by atoms with van der Waals surface area (Å²) in [7, 11) is 1.80. The summed E-state index contributed by atoms with van der Waals surface area (Å²) in [5, 5.41) is 7.09. The minimum atomic E-state index is -0.395. The second-order valence-corrected chi connectivity index (χ2v) is 6.32. The van der Waals surface area contributed by atoms with Gasteiger partial charge in [0.05, 0.1) is 6.04 Å². The Kier molecular flexibility index (Phi) is 4.92. The van der Waals surface area contributed by atoms with Gasteiger partial charge in [-0.05, 0) is 23.6 Å². The number of carbonyl (C=O) groups excluding carboxylic acids is 1. The predicted octanol–water partition coefficient (Wildman–Crippen LogP) is 1.69. The molecule has 0 saturated carbocycles. The lowest BCUT2D eigenvalue weighted by atomic mass is 10.0. The zero-order chi connectivity index (χ0) is 18.7. The average Bonchev–Trinajstić information content (AvgIpc) is 3.05. The van der Waals surface area contributed by atoms with Crippen molar-refractivity contribution in [3.05, 3.63) is 64.9 Å². The lowest BCUT2D eigenvalue weighted by Crippen LogP contribution is -2.33. The first-order valence-electron chi connectivity index (χ1n) is 8.25. The van der Waals surface area contributed by atoms with Gasteiger partial charge in [0.15, 0.2) is 0 Å². The third-order valence-electron chi connectivity index (χ3n) is 4.13. The van der Waals surface area contributed by atoms with Gasteiger partial charge in [0, 0.05) is 30.6 Å². The molecular formula is C18H20N6O2. The molecule has 0 aliphatic heterocycles. The standard InChI is InChI=1S/C18H20N6O2/c1-11(2)15(16-21-10-22-24(16)3)23-17(25)13-6-4-12(5-7-13)14-8-19-18(26)20-9-14/h4-11,15H,1-3H3,(H,23,25)(H,19,20,26). The fraction of sp³-hybridized carbons (Fsp3) is 0.278. The second-order valence-electron chi connectivity index (χ2n) is 6.32. The zero-order valence-corrected chi connectivity index (χ0v) is 14.8. The minimum Gasteiger partial charge on any atom is -0.342 e. The van der Waals surface area contributed by atoms with E-state index in [4.69, 9.17) is 0 Å². The van der Waals surface area contributed by atoms with Gasteiger partial charge >= 0.3 is 5.69 Å². The first kappa shape index (κ1) is 17.5. The summed E-state index contributed by atoms with van der Waals surface area (Å²) in [5.41, 5.74) is 1.78. The molecule has 2 heterocycles. The molecule has 1 atom stereocenters. The number of hydrogen-bond donors (Lipinski definition) is 2. The van der Waals surface area contributed by atoms with E-state index in [1.807, 2.05) is 26.0 Å². The smallest absolute Gasteiger partial charge is 0.342 e. The van der Waals surface area contributed by atoms with E-state index in [0.29, 0.717) is 11.4 Å². The van der Waals surface area contributed by atoms with E-state index < -0.39 is 5.69 Å². The Bertz CT molecular complexity index is 938. The first-order valence-corrected chi connectivity index (χ1v) is 8.25. The van der Waals surface area contributed by atoms with Crippen molar-refractivity contribution >= 4 is 5.91 Å². The number of hydrogen-bond acceptors (Lipinski definition) is 5. The molecule has 1 unspecified atom stereocenters. The molecule has 0 aliphatic carbocycles. The number of nitrogens with zero attached hydrogens (tertiary/aromatic N) is 4. The van der Waals surface area contributed by atoms with Gasteiger partial charge in [0.1, 0.15) is 12.2 Å². The summed E-state index contributed by atoms with van der Waals surface area (Å²) in [6, 6.07) is 6.87. The van der Waals surface area contributed by atoms with Crippen LogP contribution in [-0.4, -0.2) is 30.6 Å². The zero-order valence-electron chi connectivity index (χ0n) is 14.8. The van der Waals surface area contributed by atoms with E-state index in [2.05, 4.69) is 25.4 Å². The summed E-state index contributed by atoms with van der Waals surface area (Å²) >= 11 is 0. The van der Waals surface area contributed by atoms with Crippen LogP contribution in [0.15, 0.2) is 47.8 Å². The largest absolute Gasteiger partial charge is 0.344 e. The quantitative estimate of drug-likeness (QED) is 0.727. The fourth-order valence-corrected chi connectivity index (χ4v) is 2.65. The van der Waals surface area contributed by atoms with Gasteiger partial charge in [0.25, 0.3) is 5.91 Å². The Labute approximate surface area is 150 Å². The number of nitrogens with one attached hydrogen (secondary N) is 2. The molecule has 0 bridgehead atoms. The van der Waals surface area contributed by atoms with Crippen LogP contribution < -0.4 is 11.0 Å². The van der Waals surface area contributed by atoms with Gasteiger partial charge in [-0.1, -0.05) is 26.0 Å². The molecule has 2 aromatic heterocycles. The molecule has 0 spiro atoms. The van der Waals surface area contributed by atoms with E-state index in [0.717, 1.165) is 11.1 Å². The van der Waals surface area contributed by atoms with Gasteiger partial charge in [-0.15, -0.1) is 0 Å². The van der Waals surface area contributed by atoms with Crippen LogP contribution in [-0.2, 0) is 7.05 Å². The molecule has 0 aliphatic rings. The first-order chi connectivity index (χ1) is 12.5. The molecule has 134 valence electrons. The Balaban J connectivity index is 1.78. The SMILES string of the molecule is CC(C)C(NC(=O)c1ccc(-c2cnc(=O)[nH]c2)cc1)c1ncnn1C. The summed E-state index contributed by atoms with van der Waals surface area (Å²) in [6.07, 6.45) is 4.56. The van der Waals surface area contributed by atoms with Gasteiger partial charge in [-0.2, -0.15) is 5.10 Å². The van der Waals surface area contributed by atoms with E-state index in [-0.39, 0.29) is 17.9 Å². The summed E-state index contributed by atoms with van der Waals surface area (Å²) in [4.78, 5) is 34.2. The van der Waals surface area contributed by atoms with Crippen LogP contribution in [0.25, 0.3) is 11.1 Å². The van der Waals surface area contributed by atoms with Crippen molar-refractivity contribution in [2.45, 2.75) is 19.9 Å². The Morgan fingerprint density at radius 3 is 2.42 bits per heavy atom. The Morgan fingerprint density at radius 2 is 1.88 bits per heavy atom. The maximum atomic E-state index is 12.6. The van der Waals surface area contributed by atoms with Crippen LogP contribution in [0.3, 0.4) is 0 Å². The number of aryl methyl sites for hydroxylation is 1. The van der Waals surface area contributed by atoms with Gasteiger partial charge in [-0.25, -0.2) is 14.8 Å². The summed E-state index contributed by atoms with van der Waals surface area (Å²) < 4.78 is 1.66. The highest BCUT2D eigenvalue weighted by molar-refractivity contribution is 5.94. The van der Waals surface area contributed by atoms with Crippen LogP contribution in [0.1, 0.15) is 36.1 Å². The highest BCUT2D eigenvalue weighted by Gasteiger charge is 2.23. The number of aromatic amines is 1. The second kappa shape index (κ2) is 7.30. The van der Waals surface area contributed by atoms with Crippen molar-refractivity contribution in [2.75, 3.05) is 0 Å². The van der Waals surface area contributed by atoms with Crippen molar-refractivity contribution in [3.8, 4) is 11.1 Å². The van der Waals surface area contributed by atoms with E-state index in [1.54, 1.807) is 30.1 Å². The van der Waals surface area contributed by atoms with Crippen molar-refractivity contribution < 1.29 is 4.79 Å². The molecule has 1 aromatic carbocycles. The highest BCUT2D eigenvalue weighted by atomic mass is 16.2. The van der Waals surface area contributed by atoms with Crippen molar-refractivity contribution in [3.63, 3.8) is 0 Å². The third kappa shape index (κ3) is 3.69. The van der Waals surface area contributed by atoms with Crippen molar-refractivity contribution in [1.82, 2.24) is 30.0 Å². The van der Waals surface area contributed by atoms with Crippen molar-refractivity contribution in [1.29, 1.82) is 0 Å². The van der Waals surface area contributed by atoms with E-state index in [9.17, 15) is 9.59 Å². The maximum Gasteiger partial charge on any atom is 0.344 e. The van der Waals surface area contributed by atoms with Crippen molar-refractivity contribution in [2.24, 2.45) is 13.0 Å². The molecule has 0 fully saturated rings. The molecule has 3 rings (SSSR count). The lowest BCUT2D eigenvalue weighted by Gasteiger charge is -2.21. The predicted molar refractivity (Wildman–Crippen MR) is 96.3 cm³/mol. The van der Waals surface area contributed by atoms with Gasteiger partial charge in [0.2, 0.25) is 0 Å². The van der Waals surface area contributed by atoms with Crippen LogP contribution >= 0.6 is 0 Å². The lowest BCUT2D eigenvalue weighted by molar-refractivity contribution is 0.0922. The Morgan fingerprint density at radius 1 is 1.15 bits per heavy atom. The third-order valence-corrected chi connectivity index (χ3v) is 4.13. The molecule has 2 N–H and O–H groups in total. The topological polar surface area (TPSA) is 106 Å². The normalized spacial score (nSPS) is 12.2.